The summed E-state index contributed by atoms with van der Waals surface area (Å²) in [6.07, 6.45) is 1.82. The Bertz CT molecular complexity index is 479. The van der Waals surface area contributed by atoms with Gasteiger partial charge < -0.3 is 9.64 Å². The maximum absolute atomic E-state index is 12.2. The number of nitrogens with zero attached hydrogens (tertiary/aromatic N) is 2. The zero-order valence-corrected chi connectivity index (χ0v) is 12.7. The molecule has 2 rings (SSSR count). The molecule has 0 N–H and O–H groups in total. The van der Waals surface area contributed by atoms with E-state index in [1.54, 1.807) is 5.51 Å². The van der Waals surface area contributed by atoms with Crippen molar-refractivity contribution in [2.45, 2.75) is 33.1 Å². The summed E-state index contributed by atoms with van der Waals surface area (Å²) in [4.78, 5) is 30.9. The molecule has 1 aliphatic heterocycles. The van der Waals surface area contributed by atoms with Gasteiger partial charge >= 0.3 is 5.97 Å². The van der Waals surface area contributed by atoms with E-state index in [4.69, 9.17) is 4.74 Å². The lowest BCUT2D eigenvalue weighted by molar-refractivity contribution is -0.151. The van der Waals surface area contributed by atoms with E-state index < -0.39 is 0 Å². The van der Waals surface area contributed by atoms with Crippen LogP contribution in [-0.4, -0.2) is 41.5 Å². The first-order valence-corrected chi connectivity index (χ1v) is 7.83. The van der Waals surface area contributed by atoms with Gasteiger partial charge in [-0.3, -0.25) is 9.59 Å². The molecule has 1 amide bonds. The molecule has 1 saturated heterocycles. The molecule has 1 aliphatic rings. The molecule has 0 bridgehead atoms. The fourth-order valence-electron chi connectivity index (χ4n) is 2.37. The quantitative estimate of drug-likeness (QED) is 0.795. The van der Waals surface area contributed by atoms with Crippen LogP contribution in [0, 0.1) is 12.8 Å². The molecular formula is C14H20N2O3S. The number of likely N-dealkylation sites (tertiary alicyclic amines) is 1. The fraction of sp³-hybridized carbons (Fsp3) is 0.643. The first-order valence-electron chi connectivity index (χ1n) is 6.95. The summed E-state index contributed by atoms with van der Waals surface area (Å²) >= 11 is 1.52. The summed E-state index contributed by atoms with van der Waals surface area (Å²) in [6.45, 7) is 5.43. The van der Waals surface area contributed by atoms with Gasteiger partial charge in [0.1, 0.15) is 0 Å². The van der Waals surface area contributed by atoms with Gasteiger partial charge in [0.15, 0.2) is 0 Å². The second kappa shape index (κ2) is 6.83. The highest BCUT2D eigenvalue weighted by molar-refractivity contribution is 7.09. The molecular weight excluding hydrogens is 276 g/mol. The van der Waals surface area contributed by atoms with Crippen LogP contribution in [0.2, 0.25) is 0 Å². The van der Waals surface area contributed by atoms with Crippen LogP contribution in [0.25, 0.3) is 0 Å². The highest BCUT2D eigenvalue weighted by Crippen LogP contribution is 2.20. The minimum absolute atomic E-state index is 0.0517. The number of hydrogen-bond acceptors (Lipinski definition) is 5. The number of aromatic nitrogens is 1. The molecule has 6 heteroatoms. The number of thiazole rings is 1. The number of hydrogen-bond donors (Lipinski definition) is 0. The molecule has 1 aromatic heterocycles. The zero-order chi connectivity index (χ0) is 14.5. The van der Waals surface area contributed by atoms with E-state index in [9.17, 15) is 9.59 Å². The average molecular weight is 296 g/mol. The van der Waals surface area contributed by atoms with E-state index in [0.29, 0.717) is 39.0 Å². The summed E-state index contributed by atoms with van der Waals surface area (Å²) in [5.41, 5.74) is 2.70. The normalized spacial score (nSPS) is 16.2. The minimum atomic E-state index is -0.127. The van der Waals surface area contributed by atoms with Crippen LogP contribution in [0.4, 0.5) is 0 Å². The minimum Gasteiger partial charge on any atom is -0.466 e. The van der Waals surface area contributed by atoms with Gasteiger partial charge in [-0.05, 0) is 26.7 Å². The van der Waals surface area contributed by atoms with Crippen molar-refractivity contribution in [1.82, 2.24) is 9.88 Å². The number of amides is 1. The van der Waals surface area contributed by atoms with E-state index in [-0.39, 0.29) is 17.8 Å². The topological polar surface area (TPSA) is 59.5 Å². The molecule has 5 nitrogen and oxygen atoms in total. The van der Waals surface area contributed by atoms with Crippen LogP contribution in [0.1, 0.15) is 30.3 Å². The summed E-state index contributed by atoms with van der Waals surface area (Å²) in [5, 5.41) is 0. The van der Waals surface area contributed by atoms with Crippen molar-refractivity contribution in [3.8, 4) is 0 Å². The van der Waals surface area contributed by atoms with Crippen molar-refractivity contribution in [2.75, 3.05) is 19.7 Å². The molecule has 1 aromatic rings. The van der Waals surface area contributed by atoms with Crippen LogP contribution < -0.4 is 0 Å². The third-order valence-corrected chi connectivity index (χ3v) is 4.56. The van der Waals surface area contributed by atoms with Crippen LogP contribution in [0.5, 0.6) is 0 Å². The monoisotopic (exact) mass is 296 g/mol. The first-order chi connectivity index (χ1) is 9.61. The highest BCUT2D eigenvalue weighted by atomic mass is 32.1. The third kappa shape index (κ3) is 3.56. The molecule has 0 spiro atoms. The Morgan fingerprint density at radius 2 is 2.15 bits per heavy atom. The zero-order valence-electron chi connectivity index (χ0n) is 11.9. The Labute approximate surface area is 122 Å². The van der Waals surface area contributed by atoms with E-state index in [0.717, 1.165) is 10.6 Å². The van der Waals surface area contributed by atoms with Gasteiger partial charge in [-0.25, -0.2) is 4.98 Å². The number of carbonyl (C=O) groups excluding carboxylic acids is 2. The second-order valence-corrected chi connectivity index (χ2v) is 5.88. The SMILES string of the molecule is CCOC(=O)C1CCN(C(=O)Cc2scnc2C)CC1. The van der Waals surface area contributed by atoms with Crippen LogP contribution >= 0.6 is 11.3 Å². The predicted molar refractivity (Wildman–Crippen MR) is 76.5 cm³/mol. The lowest BCUT2D eigenvalue weighted by atomic mass is 9.97. The van der Waals surface area contributed by atoms with Gasteiger partial charge in [-0.2, -0.15) is 0 Å². The predicted octanol–water partition coefficient (Wildman–Crippen LogP) is 1.80. The third-order valence-electron chi connectivity index (χ3n) is 3.62. The molecule has 2 heterocycles. The van der Waals surface area contributed by atoms with Crippen molar-refractivity contribution in [3.63, 3.8) is 0 Å². The summed E-state index contributed by atoms with van der Waals surface area (Å²) in [5.74, 6) is -0.0540. The second-order valence-electron chi connectivity index (χ2n) is 4.94. The standard InChI is InChI=1S/C14H20N2O3S/c1-3-19-14(18)11-4-6-16(7-5-11)13(17)8-12-10(2)15-9-20-12/h9,11H,3-8H2,1-2H3. The van der Waals surface area contributed by atoms with Crippen molar-refractivity contribution in [3.05, 3.63) is 16.1 Å². The van der Waals surface area contributed by atoms with Crippen LogP contribution in [0.3, 0.4) is 0 Å². The van der Waals surface area contributed by atoms with Crippen molar-refractivity contribution in [1.29, 1.82) is 0 Å². The summed E-state index contributed by atoms with van der Waals surface area (Å²) in [7, 11) is 0. The molecule has 0 unspecified atom stereocenters. The van der Waals surface area contributed by atoms with Gasteiger partial charge in [0.25, 0.3) is 0 Å². The van der Waals surface area contributed by atoms with Crippen LogP contribution in [0.15, 0.2) is 5.51 Å². The smallest absolute Gasteiger partial charge is 0.309 e. The summed E-state index contributed by atoms with van der Waals surface area (Å²) in [6, 6.07) is 0. The molecule has 20 heavy (non-hydrogen) atoms. The van der Waals surface area contributed by atoms with E-state index in [1.807, 2.05) is 18.7 Å². The molecule has 1 fully saturated rings. The molecule has 0 radical (unpaired) electrons. The van der Waals surface area contributed by atoms with Gasteiger partial charge in [-0.1, -0.05) is 0 Å². The maximum atomic E-state index is 12.2. The first kappa shape index (κ1) is 15.0. The maximum Gasteiger partial charge on any atom is 0.309 e. The largest absolute Gasteiger partial charge is 0.466 e. The summed E-state index contributed by atoms with van der Waals surface area (Å²) < 4.78 is 5.03. The fourth-order valence-corrected chi connectivity index (χ4v) is 3.14. The molecule has 0 aliphatic carbocycles. The Balaban J connectivity index is 1.83. The van der Waals surface area contributed by atoms with Gasteiger partial charge in [0, 0.05) is 18.0 Å². The van der Waals surface area contributed by atoms with Crippen molar-refractivity contribution >= 4 is 23.2 Å². The number of ether oxygens (including phenoxy) is 1. The highest BCUT2D eigenvalue weighted by Gasteiger charge is 2.28. The Hall–Kier alpha value is -1.43. The van der Waals surface area contributed by atoms with Gasteiger partial charge in [0.2, 0.25) is 5.91 Å². The van der Waals surface area contributed by atoms with Crippen molar-refractivity contribution < 1.29 is 14.3 Å². The Kier molecular flexibility index (Phi) is 5.11. The molecule has 0 saturated carbocycles. The molecule has 0 aromatic carbocycles. The lowest BCUT2D eigenvalue weighted by Gasteiger charge is -2.30. The number of carbonyl (C=O) groups is 2. The van der Waals surface area contributed by atoms with E-state index >= 15 is 0 Å². The average Bonchev–Trinajstić information content (AvgIpc) is 2.85. The molecule has 0 atom stereocenters. The Morgan fingerprint density at radius 3 is 2.70 bits per heavy atom. The molecule has 110 valence electrons. The number of aryl methyl sites for hydroxylation is 1. The van der Waals surface area contributed by atoms with Gasteiger partial charge in [-0.15, -0.1) is 11.3 Å². The number of esters is 1. The Morgan fingerprint density at radius 1 is 1.45 bits per heavy atom. The number of rotatable bonds is 4. The van der Waals surface area contributed by atoms with E-state index in [1.165, 1.54) is 11.3 Å². The van der Waals surface area contributed by atoms with E-state index in [2.05, 4.69) is 4.98 Å². The van der Waals surface area contributed by atoms with Crippen LogP contribution in [-0.2, 0) is 20.7 Å². The van der Waals surface area contributed by atoms with Gasteiger partial charge in [0.05, 0.1) is 30.2 Å². The lowest BCUT2D eigenvalue weighted by Crippen LogP contribution is -2.41. The van der Waals surface area contributed by atoms with Crippen molar-refractivity contribution in [2.24, 2.45) is 5.92 Å². The number of piperidine rings is 1.